The van der Waals surface area contributed by atoms with Gasteiger partial charge in [0.05, 0.1) is 15.9 Å². The smallest absolute Gasteiger partial charge is 0.418 e. The molecule has 2 N–H and O–H groups in total. The molecule has 3 heterocycles. The molecule has 207 valence electrons. The van der Waals surface area contributed by atoms with Crippen LogP contribution in [0, 0.1) is 49.4 Å². The first-order valence-corrected chi connectivity index (χ1v) is 13.2. The Hall–Kier alpha value is -2.95. The Labute approximate surface area is 279 Å². The molecule has 1 atom stereocenters. The first-order valence-electron chi connectivity index (χ1n) is 12.3. The number of benzene rings is 3. The van der Waals surface area contributed by atoms with Crippen LogP contribution in [0.15, 0.2) is 121 Å². The fourth-order valence-electron chi connectivity index (χ4n) is 4.32. The summed E-state index contributed by atoms with van der Waals surface area (Å²) in [7, 11) is 0. The van der Waals surface area contributed by atoms with Crippen molar-refractivity contribution in [3.8, 4) is 22.3 Å². The summed E-state index contributed by atoms with van der Waals surface area (Å²) in [5.41, 5.74) is 6.65. The molecule has 0 saturated heterocycles. The number of nitrogens with zero attached hydrogens (tertiary/aromatic N) is 2. The molecule has 9 heteroatoms. The van der Waals surface area contributed by atoms with E-state index in [2.05, 4.69) is 82.8 Å². The summed E-state index contributed by atoms with van der Waals surface area (Å²) >= 11 is 1.09. The van der Waals surface area contributed by atoms with Gasteiger partial charge >= 0.3 is 6.18 Å². The minimum atomic E-state index is -4.74. The van der Waals surface area contributed by atoms with Crippen molar-refractivity contribution >= 4 is 38.9 Å². The summed E-state index contributed by atoms with van der Waals surface area (Å²) < 4.78 is 35.5. The molecule has 4 nitrogen and oxygen atoms in total. The van der Waals surface area contributed by atoms with E-state index in [1.807, 2.05) is 24.5 Å². The Morgan fingerprint density at radius 1 is 0.707 bits per heavy atom. The Morgan fingerprint density at radius 3 is 1.61 bits per heavy atom. The van der Waals surface area contributed by atoms with Crippen molar-refractivity contribution in [1.29, 1.82) is 0 Å². The van der Waals surface area contributed by atoms with E-state index in [0.29, 0.717) is 6.08 Å². The van der Waals surface area contributed by atoms with E-state index in [1.165, 1.54) is 28.3 Å². The van der Waals surface area contributed by atoms with E-state index < -0.39 is 18.0 Å². The Morgan fingerprint density at radius 2 is 1.20 bits per heavy atom. The topological polar surface area (TPSA) is 66.2 Å². The fourth-order valence-corrected chi connectivity index (χ4v) is 4.97. The monoisotopic (exact) mass is 709 g/mol. The summed E-state index contributed by atoms with van der Waals surface area (Å²) in [6, 6.07) is 32.4. The van der Waals surface area contributed by atoms with E-state index in [1.54, 1.807) is 11.4 Å². The third-order valence-corrected chi connectivity index (χ3v) is 7.11. The molecule has 0 saturated carbocycles. The van der Waals surface area contributed by atoms with E-state index >= 15 is 0 Å². The molecule has 6 aromatic rings. The minimum Gasteiger partial charge on any atom is -0.507 e. The Kier molecular flexibility index (Phi) is 10.4. The van der Waals surface area contributed by atoms with Gasteiger partial charge in [-0.2, -0.15) is 13.2 Å². The average molecular weight is 709 g/mol. The molecule has 0 aliphatic carbocycles. The van der Waals surface area contributed by atoms with E-state index in [0.717, 1.165) is 33.1 Å². The number of halogens is 3. The number of aromatic nitrogens is 2. The normalized spacial score (nSPS) is 12.3. The van der Waals surface area contributed by atoms with Crippen LogP contribution in [0.2, 0.25) is 0 Å². The Balaban J connectivity index is 0.000000222. The number of rotatable bonds is 4. The molecule has 3 aromatic heterocycles. The summed E-state index contributed by atoms with van der Waals surface area (Å²) in [4.78, 5) is 9.62. The average Bonchev–Trinajstić information content (AvgIpc) is 3.53. The molecule has 0 fully saturated rings. The molecule has 1 radical (unpaired) electrons. The van der Waals surface area contributed by atoms with Gasteiger partial charge in [0.2, 0.25) is 0 Å². The number of aliphatic hydroxyl groups excluding tert-OH is 2. The standard InChI is InChI=1S/C24H16N2.C8H7F3O2S.Eu/c1-3-7-17(8-4-1)19-13-15-25-23-21(19)11-12-22-20(14-16-26-24(22)23)18-9-5-2-6-10-18;9-8(10,11)7(13)4-5(12)6-2-1-3-14-6;/h1-16H;1-4,7,12-13H;/b;5-4-;. The number of hydrogen-bond acceptors (Lipinski definition) is 5. The minimum absolute atomic E-state index is 0. The number of alkyl halides is 3. The molecule has 0 amide bonds. The van der Waals surface area contributed by atoms with Crippen LogP contribution < -0.4 is 0 Å². The van der Waals surface area contributed by atoms with Crippen molar-refractivity contribution in [3.63, 3.8) is 0 Å². The van der Waals surface area contributed by atoms with E-state index in [-0.39, 0.29) is 54.3 Å². The fraction of sp³-hybridized carbons (Fsp3) is 0.0625. The SMILES string of the molecule is O/C(=C\C(O)C(F)(F)F)c1cccs1.[Eu].c1ccc(-c2ccnc3c2ccc2c(-c4ccccc4)ccnc23)cc1. The quantitative estimate of drug-likeness (QED) is 0.142. The van der Waals surface area contributed by atoms with Crippen molar-refractivity contribution in [2.24, 2.45) is 0 Å². The van der Waals surface area contributed by atoms with Gasteiger partial charge in [-0.15, -0.1) is 11.3 Å². The second-order valence-electron chi connectivity index (χ2n) is 8.82. The predicted molar refractivity (Wildman–Crippen MR) is 155 cm³/mol. The van der Waals surface area contributed by atoms with Crippen LogP contribution in [-0.4, -0.2) is 32.5 Å². The van der Waals surface area contributed by atoms with Gasteiger partial charge in [-0.3, -0.25) is 9.97 Å². The number of aliphatic hydroxyl groups is 2. The van der Waals surface area contributed by atoms with Crippen LogP contribution in [0.25, 0.3) is 49.8 Å². The van der Waals surface area contributed by atoms with Crippen LogP contribution in [0.4, 0.5) is 13.2 Å². The van der Waals surface area contributed by atoms with Crippen LogP contribution >= 0.6 is 11.3 Å². The second kappa shape index (κ2) is 13.8. The zero-order chi connectivity index (χ0) is 28.1. The third kappa shape index (κ3) is 7.29. The molecular weight excluding hydrogens is 685 g/mol. The zero-order valence-corrected chi connectivity index (χ0v) is 24.6. The molecular formula is C32H23EuF3N2O2S. The van der Waals surface area contributed by atoms with Crippen molar-refractivity contribution in [3.05, 3.63) is 126 Å². The summed E-state index contributed by atoms with van der Waals surface area (Å²) in [5.74, 6) is -0.565. The predicted octanol–water partition coefficient (Wildman–Crippen LogP) is 8.69. The largest absolute Gasteiger partial charge is 0.507 e. The second-order valence-corrected chi connectivity index (χ2v) is 9.77. The number of thiophene rings is 1. The van der Waals surface area contributed by atoms with Gasteiger partial charge in [-0.05, 0) is 51.9 Å². The molecule has 0 spiro atoms. The van der Waals surface area contributed by atoms with Gasteiger partial charge in [0, 0.05) is 72.5 Å². The first-order chi connectivity index (χ1) is 19.3. The maximum absolute atomic E-state index is 11.8. The summed E-state index contributed by atoms with van der Waals surface area (Å²) in [6.45, 7) is 0. The summed E-state index contributed by atoms with van der Waals surface area (Å²) in [6.07, 6.45) is -3.26. The molecule has 0 aliphatic rings. The molecule has 1 unspecified atom stereocenters. The number of pyridine rings is 2. The van der Waals surface area contributed by atoms with Crippen molar-refractivity contribution < 1.29 is 72.8 Å². The van der Waals surface area contributed by atoms with Crippen molar-refractivity contribution in [1.82, 2.24) is 9.97 Å². The first kappa shape index (κ1) is 31.0. The molecule has 41 heavy (non-hydrogen) atoms. The maximum Gasteiger partial charge on any atom is 0.418 e. The van der Waals surface area contributed by atoms with Gasteiger partial charge in [0.15, 0.2) is 6.10 Å². The van der Waals surface area contributed by atoms with Crippen LogP contribution in [-0.2, 0) is 0 Å². The van der Waals surface area contributed by atoms with Gasteiger partial charge in [-0.25, -0.2) is 0 Å². The molecule has 0 aliphatic heterocycles. The maximum atomic E-state index is 11.8. The zero-order valence-electron chi connectivity index (χ0n) is 21.3. The van der Waals surface area contributed by atoms with Crippen LogP contribution in [0.5, 0.6) is 0 Å². The number of fused-ring (bicyclic) bond motifs is 3. The van der Waals surface area contributed by atoms with E-state index in [4.69, 9.17) is 10.2 Å². The van der Waals surface area contributed by atoms with Crippen LogP contribution in [0.3, 0.4) is 0 Å². The van der Waals surface area contributed by atoms with Crippen molar-refractivity contribution in [2.75, 3.05) is 0 Å². The molecule has 6 rings (SSSR count). The van der Waals surface area contributed by atoms with E-state index in [9.17, 15) is 13.2 Å². The van der Waals surface area contributed by atoms with Crippen molar-refractivity contribution in [2.45, 2.75) is 12.3 Å². The molecule has 0 bridgehead atoms. The Bertz CT molecular complexity index is 1660. The molecule has 3 aromatic carbocycles. The van der Waals surface area contributed by atoms with Gasteiger partial charge in [-0.1, -0.05) is 78.9 Å². The van der Waals surface area contributed by atoms with Gasteiger partial charge < -0.3 is 10.2 Å². The van der Waals surface area contributed by atoms with Gasteiger partial charge in [0.1, 0.15) is 5.76 Å². The summed E-state index contributed by atoms with van der Waals surface area (Å²) in [5, 5.41) is 21.6. The van der Waals surface area contributed by atoms with Gasteiger partial charge in [0.25, 0.3) is 0 Å². The van der Waals surface area contributed by atoms with Crippen LogP contribution in [0.1, 0.15) is 4.88 Å². The third-order valence-electron chi connectivity index (χ3n) is 6.22. The number of hydrogen-bond donors (Lipinski definition) is 2.